The fourth-order valence-electron chi connectivity index (χ4n) is 10.0. The van der Waals surface area contributed by atoms with Gasteiger partial charge < -0.3 is 14.2 Å². The minimum Gasteiger partial charge on any atom is -0.459 e. The minimum atomic E-state index is -0.396. The number of esters is 3. The fourth-order valence-corrected chi connectivity index (χ4v) is 10.0. The van der Waals surface area contributed by atoms with Gasteiger partial charge in [-0.2, -0.15) is 0 Å². The Kier molecular flexibility index (Phi) is 16.2. The fraction of sp³-hybridized carbons (Fsp3) is 0.929. The summed E-state index contributed by atoms with van der Waals surface area (Å²) in [7, 11) is 1.83. The van der Waals surface area contributed by atoms with Crippen molar-refractivity contribution in [3.63, 3.8) is 0 Å². The van der Waals surface area contributed by atoms with Gasteiger partial charge in [-0.3, -0.25) is 14.4 Å². The second kappa shape index (κ2) is 18.2. The van der Waals surface area contributed by atoms with E-state index in [0.29, 0.717) is 17.9 Å². The van der Waals surface area contributed by atoms with Crippen LogP contribution in [0.1, 0.15) is 154 Å². The maximum atomic E-state index is 12.1. The van der Waals surface area contributed by atoms with Gasteiger partial charge in [-0.05, 0) is 143 Å². The van der Waals surface area contributed by atoms with Crippen LogP contribution in [0.4, 0.5) is 0 Å². The second-order valence-electron chi connectivity index (χ2n) is 17.2. The van der Waals surface area contributed by atoms with Crippen molar-refractivity contribution in [2.45, 2.75) is 166 Å². The Balaban J connectivity index is 0.000000231. The zero-order valence-corrected chi connectivity index (χ0v) is 31.0. The van der Waals surface area contributed by atoms with E-state index in [-0.39, 0.29) is 44.2 Å². The first-order chi connectivity index (χ1) is 21.7. The number of rotatable bonds is 4. The normalized spacial score (nSPS) is 43.5. The van der Waals surface area contributed by atoms with E-state index in [1.165, 1.54) is 64.2 Å². The quantitative estimate of drug-likeness (QED) is 0.218. The van der Waals surface area contributed by atoms with Gasteiger partial charge in [0.2, 0.25) is 0 Å². The highest BCUT2D eigenvalue weighted by Gasteiger charge is 2.57. The molecule has 1 saturated heterocycles. The standard InChI is InChI=1S/C16H26O2.C9H18O.C9H16.C6H8O3.2CH4/c1-4-10(2)15(17)18-16(3)13-6-11-5-12(8-13)9-14(16)7-11;1-7-4-5-9(10-3)6-8(7)2;1-6-7(2)9-4-3-8(6)5-9;1-3-4(2)6(8)9-5(3)7;;/h10-14H,4-9H2,1-3H3;7-9H,4-6H2,1-3H3;6-9H,3-5H2,1-2H3;3-4H,1-2H3;2*1H4. The minimum absolute atomic E-state index is 0. The van der Waals surface area contributed by atoms with Crippen molar-refractivity contribution < 1.29 is 28.6 Å². The molecule has 7 saturated carbocycles. The van der Waals surface area contributed by atoms with Gasteiger partial charge in [-0.25, -0.2) is 0 Å². The number of carbonyl (C=O) groups excluding carboxylic acids is 3. The molecule has 0 aromatic rings. The molecule has 8 aliphatic rings. The molecule has 0 N–H and O–H groups in total. The molecule has 1 heterocycles. The van der Waals surface area contributed by atoms with E-state index in [0.717, 1.165) is 53.8 Å². The third-order valence-electron chi connectivity index (χ3n) is 14.5. The summed E-state index contributed by atoms with van der Waals surface area (Å²) in [5.41, 5.74) is -0.145. The lowest BCUT2D eigenvalue weighted by atomic mass is 9.50. The molecule has 10 atom stereocenters. The zero-order valence-electron chi connectivity index (χ0n) is 31.0. The second-order valence-corrected chi connectivity index (χ2v) is 17.2. The molecule has 0 aromatic heterocycles. The number of carbonyl (C=O) groups is 3. The highest BCUT2D eigenvalue weighted by atomic mass is 16.6. The molecule has 6 heteroatoms. The van der Waals surface area contributed by atoms with Crippen molar-refractivity contribution in [3.8, 4) is 0 Å². The smallest absolute Gasteiger partial charge is 0.317 e. The van der Waals surface area contributed by atoms with Gasteiger partial charge in [-0.1, -0.05) is 70.2 Å². The molecule has 0 spiro atoms. The lowest BCUT2D eigenvalue weighted by Crippen LogP contribution is -2.58. The van der Waals surface area contributed by atoms with Gasteiger partial charge >= 0.3 is 17.9 Å². The van der Waals surface area contributed by atoms with E-state index in [2.05, 4.69) is 46.3 Å². The Bertz CT molecular complexity index is 973. The van der Waals surface area contributed by atoms with E-state index in [9.17, 15) is 14.4 Å². The molecule has 6 bridgehead atoms. The van der Waals surface area contributed by atoms with Crippen molar-refractivity contribution in [1.29, 1.82) is 0 Å². The average molecular weight is 677 g/mol. The molecule has 6 nitrogen and oxygen atoms in total. The first-order valence-electron chi connectivity index (χ1n) is 19.2. The topological polar surface area (TPSA) is 78.9 Å². The summed E-state index contributed by atoms with van der Waals surface area (Å²) >= 11 is 0. The van der Waals surface area contributed by atoms with Gasteiger partial charge in [0.05, 0.1) is 23.9 Å². The van der Waals surface area contributed by atoms with Crippen LogP contribution in [0.25, 0.3) is 0 Å². The number of ether oxygens (including phenoxy) is 3. The van der Waals surface area contributed by atoms with Crippen LogP contribution in [0.2, 0.25) is 0 Å². The van der Waals surface area contributed by atoms with E-state index in [1.807, 2.05) is 14.0 Å². The molecular formula is C42H76O6. The van der Waals surface area contributed by atoms with Crippen LogP contribution >= 0.6 is 0 Å². The predicted octanol–water partition coefficient (Wildman–Crippen LogP) is 10.6. The maximum absolute atomic E-state index is 12.1. The SMILES string of the molecule is C.C.CC1C(=O)OC(=O)C1C.CC1C2CCC(C2)C1C.CCC(C)C(=O)OC1(C)C2CC3CC(C2)CC1C3.COC1CCC(C)C(C)C1. The monoisotopic (exact) mass is 677 g/mol. The number of methoxy groups -OCH3 is 1. The maximum Gasteiger partial charge on any atom is 0.317 e. The lowest BCUT2D eigenvalue weighted by Gasteiger charge is -2.59. The average Bonchev–Trinajstić information content (AvgIpc) is 3.69. The molecule has 8 fully saturated rings. The summed E-state index contributed by atoms with van der Waals surface area (Å²) in [4.78, 5) is 33.3. The van der Waals surface area contributed by atoms with E-state index in [4.69, 9.17) is 9.47 Å². The van der Waals surface area contributed by atoms with Crippen molar-refractivity contribution in [2.75, 3.05) is 7.11 Å². The molecule has 280 valence electrons. The van der Waals surface area contributed by atoms with Gasteiger partial charge in [0.1, 0.15) is 5.60 Å². The van der Waals surface area contributed by atoms with Gasteiger partial charge in [0.15, 0.2) is 0 Å². The third-order valence-corrected chi connectivity index (χ3v) is 14.5. The highest BCUT2D eigenvalue weighted by Crippen LogP contribution is 2.59. The summed E-state index contributed by atoms with van der Waals surface area (Å²) in [5.74, 6) is 8.03. The van der Waals surface area contributed by atoms with Gasteiger partial charge in [0, 0.05) is 7.11 Å². The molecule has 0 amide bonds. The van der Waals surface area contributed by atoms with E-state index >= 15 is 0 Å². The van der Waals surface area contributed by atoms with Crippen LogP contribution in [-0.4, -0.2) is 36.7 Å². The number of cyclic esters (lactones) is 2. The van der Waals surface area contributed by atoms with E-state index in [1.54, 1.807) is 20.3 Å². The highest BCUT2D eigenvalue weighted by molar-refractivity contribution is 5.95. The Morgan fingerprint density at radius 3 is 1.56 bits per heavy atom. The Morgan fingerprint density at radius 1 is 0.750 bits per heavy atom. The van der Waals surface area contributed by atoms with Gasteiger partial charge in [-0.15, -0.1) is 0 Å². The largest absolute Gasteiger partial charge is 0.459 e. The van der Waals surface area contributed by atoms with Crippen LogP contribution in [-0.2, 0) is 28.6 Å². The third kappa shape index (κ3) is 9.66. The Morgan fingerprint density at radius 2 is 1.23 bits per heavy atom. The van der Waals surface area contributed by atoms with Crippen molar-refractivity contribution in [2.24, 2.45) is 76.9 Å². The lowest BCUT2D eigenvalue weighted by molar-refractivity contribution is -0.206. The van der Waals surface area contributed by atoms with Crippen molar-refractivity contribution in [1.82, 2.24) is 0 Å². The van der Waals surface area contributed by atoms with Crippen LogP contribution < -0.4 is 0 Å². The molecule has 1 aliphatic heterocycles. The summed E-state index contributed by atoms with van der Waals surface area (Å²) in [6.07, 6.45) is 16.6. The van der Waals surface area contributed by atoms with E-state index < -0.39 is 11.9 Å². The first kappa shape index (κ1) is 42.7. The summed E-state index contributed by atoms with van der Waals surface area (Å²) in [6, 6.07) is 0. The molecule has 0 aromatic carbocycles. The summed E-state index contributed by atoms with van der Waals surface area (Å²) in [6.45, 7) is 19.2. The summed E-state index contributed by atoms with van der Waals surface area (Å²) in [5, 5.41) is 0. The zero-order chi connectivity index (χ0) is 33.9. The van der Waals surface area contributed by atoms with Crippen LogP contribution in [0.3, 0.4) is 0 Å². The number of hydrogen-bond acceptors (Lipinski definition) is 6. The van der Waals surface area contributed by atoms with Crippen molar-refractivity contribution >= 4 is 17.9 Å². The molecule has 8 rings (SSSR count). The predicted molar refractivity (Wildman–Crippen MR) is 196 cm³/mol. The number of fused-ring (bicyclic) bond motifs is 2. The molecule has 7 aliphatic carbocycles. The van der Waals surface area contributed by atoms with Crippen molar-refractivity contribution in [3.05, 3.63) is 0 Å². The van der Waals surface area contributed by atoms with Gasteiger partial charge in [0.25, 0.3) is 0 Å². The summed E-state index contributed by atoms with van der Waals surface area (Å²) < 4.78 is 15.6. The Labute approximate surface area is 296 Å². The van der Waals surface area contributed by atoms with Crippen LogP contribution in [0, 0.1) is 76.9 Å². The molecule has 10 unspecified atom stereocenters. The molecule has 0 radical (unpaired) electrons. The molecule has 48 heavy (non-hydrogen) atoms. The first-order valence-corrected chi connectivity index (χ1v) is 19.2. The van der Waals surface area contributed by atoms with Crippen LogP contribution in [0.5, 0.6) is 0 Å². The van der Waals surface area contributed by atoms with Crippen LogP contribution in [0.15, 0.2) is 0 Å². The molecular weight excluding hydrogens is 600 g/mol. The number of hydrogen-bond donors (Lipinski definition) is 0. The Hall–Kier alpha value is -1.43.